The lowest BCUT2D eigenvalue weighted by Crippen LogP contribution is -2.34. The molecule has 3 fully saturated rings. The van der Waals surface area contributed by atoms with Crippen molar-refractivity contribution in [3.8, 4) is 0 Å². The number of esters is 1. The first-order valence-electron chi connectivity index (χ1n) is 6.57. The highest BCUT2D eigenvalue weighted by Crippen LogP contribution is 2.63. The summed E-state index contributed by atoms with van der Waals surface area (Å²) >= 11 is 0. The summed E-state index contributed by atoms with van der Waals surface area (Å²) < 4.78 is 11.0. The standard InChI is InChI=1S/C14H16O4/c1-6(5-15)14(16)18-10-3-7-2-8(10)9-4-11-13(17-11)12(7)9/h4,7-10,12-13,15H,1-3,5H2. The van der Waals surface area contributed by atoms with Crippen molar-refractivity contribution < 1.29 is 19.4 Å². The van der Waals surface area contributed by atoms with E-state index in [9.17, 15) is 4.79 Å². The Morgan fingerprint density at radius 2 is 2.39 bits per heavy atom. The molecule has 2 saturated carbocycles. The van der Waals surface area contributed by atoms with E-state index in [1.165, 1.54) is 0 Å². The molecule has 1 N–H and O–H groups in total. The lowest BCUT2D eigenvalue weighted by Gasteiger charge is -2.31. The number of hydrogen-bond acceptors (Lipinski definition) is 4. The van der Waals surface area contributed by atoms with Gasteiger partial charge in [0.15, 0.2) is 6.10 Å². The molecule has 0 aromatic heterocycles. The molecule has 4 heteroatoms. The number of rotatable bonds is 3. The van der Waals surface area contributed by atoms with E-state index in [0.717, 1.165) is 18.6 Å². The Bertz CT molecular complexity index is 466. The van der Waals surface area contributed by atoms with Crippen LogP contribution in [0.1, 0.15) is 12.8 Å². The fourth-order valence-electron chi connectivity index (χ4n) is 4.20. The summed E-state index contributed by atoms with van der Waals surface area (Å²) in [6.45, 7) is 3.18. The molecule has 6 unspecified atom stereocenters. The summed E-state index contributed by atoms with van der Waals surface area (Å²) in [6, 6.07) is 0. The maximum atomic E-state index is 11.6. The van der Waals surface area contributed by atoms with E-state index in [-0.39, 0.29) is 18.3 Å². The SMILES string of the molecule is C=C(CO)C(=O)OC1CC2CC1C1C=C3OC3C21. The number of hydrogen-bond donors (Lipinski definition) is 1. The van der Waals surface area contributed by atoms with E-state index >= 15 is 0 Å². The minimum Gasteiger partial charge on any atom is -0.483 e. The zero-order chi connectivity index (χ0) is 12.4. The van der Waals surface area contributed by atoms with Gasteiger partial charge < -0.3 is 14.6 Å². The fraction of sp³-hybridized carbons (Fsp3) is 0.643. The lowest BCUT2D eigenvalue weighted by molar-refractivity contribution is -0.148. The number of ether oxygens (including phenoxy) is 2. The molecule has 0 amide bonds. The maximum Gasteiger partial charge on any atom is 0.336 e. The smallest absolute Gasteiger partial charge is 0.336 e. The predicted octanol–water partition coefficient (Wildman–Crippen LogP) is 1.02. The van der Waals surface area contributed by atoms with E-state index in [4.69, 9.17) is 14.6 Å². The van der Waals surface area contributed by atoms with Crippen molar-refractivity contribution >= 4 is 5.97 Å². The molecule has 4 nitrogen and oxygen atoms in total. The first-order valence-corrected chi connectivity index (χ1v) is 6.57. The first kappa shape index (κ1) is 10.6. The average Bonchev–Trinajstić information content (AvgIpc) is 2.77. The van der Waals surface area contributed by atoms with Crippen molar-refractivity contribution in [2.45, 2.75) is 25.0 Å². The highest BCUT2D eigenvalue weighted by Gasteiger charge is 2.64. The summed E-state index contributed by atoms with van der Waals surface area (Å²) in [5.74, 6) is 2.96. The molecule has 0 aromatic rings. The van der Waals surface area contributed by atoms with Gasteiger partial charge in [0.25, 0.3) is 0 Å². The number of carbonyl (C=O) groups is 1. The van der Waals surface area contributed by atoms with Crippen molar-refractivity contribution in [1.82, 2.24) is 0 Å². The molecule has 4 rings (SSSR count). The number of fused-ring (bicyclic) bond motifs is 7. The van der Waals surface area contributed by atoms with Gasteiger partial charge in [0.05, 0.1) is 12.2 Å². The highest BCUT2D eigenvalue weighted by molar-refractivity contribution is 5.88. The number of aliphatic hydroxyl groups excluding tert-OH is 1. The summed E-state index contributed by atoms with van der Waals surface area (Å²) in [6.07, 6.45) is 4.70. The molecule has 6 atom stereocenters. The first-order chi connectivity index (χ1) is 8.69. The Hall–Kier alpha value is -1.29. The quantitative estimate of drug-likeness (QED) is 0.460. The molecule has 1 heterocycles. The Morgan fingerprint density at radius 3 is 3.17 bits per heavy atom. The molecule has 1 saturated heterocycles. The second kappa shape index (κ2) is 3.38. The van der Waals surface area contributed by atoms with Crippen LogP contribution in [0.15, 0.2) is 24.0 Å². The third kappa shape index (κ3) is 1.27. The minimum absolute atomic E-state index is 0.00130. The van der Waals surface area contributed by atoms with E-state index in [1.54, 1.807) is 0 Å². The number of epoxide rings is 1. The fourth-order valence-corrected chi connectivity index (χ4v) is 4.20. The van der Waals surface area contributed by atoms with Crippen molar-refractivity contribution in [3.63, 3.8) is 0 Å². The van der Waals surface area contributed by atoms with Gasteiger partial charge in [-0.05, 0) is 30.8 Å². The van der Waals surface area contributed by atoms with E-state index in [0.29, 0.717) is 29.8 Å². The largest absolute Gasteiger partial charge is 0.483 e. The Morgan fingerprint density at radius 1 is 1.56 bits per heavy atom. The molecule has 96 valence electrons. The lowest BCUT2D eigenvalue weighted by atomic mass is 9.79. The number of carbonyl (C=O) groups excluding carboxylic acids is 1. The average molecular weight is 248 g/mol. The molecule has 0 radical (unpaired) electrons. The van der Waals surface area contributed by atoms with E-state index < -0.39 is 5.97 Å². The van der Waals surface area contributed by atoms with Crippen LogP contribution in [0.2, 0.25) is 0 Å². The summed E-state index contributed by atoms with van der Waals surface area (Å²) in [5.41, 5.74) is 0.144. The van der Waals surface area contributed by atoms with Crippen molar-refractivity contribution in [2.24, 2.45) is 23.7 Å². The molecule has 0 aromatic carbocycles. The molecular weight excluding hydrogens is 232 g/mol. The minimum atomic E-state index is -0.446. The topological polar surface area (TPSA) is 59.1 Å². The van der Waals surface area contributed by atoms with Gasteiger partial charge in [-0.2, -0.15) is 0 Å². The van der Waals surface area contributed by atoms with Crippen LogP contribution in [0.3, 0.4) is 0 Å². The van der Waals surface area contributed by atoms with Crippen LogP contribution >= 0.6 is 0 Å². The third-order valence-corrected chi connectivity index (χ3v) is 5.00. The van der Waals surface area contributed by atoms with Gasteiger partial charge in [-0.15, -0.1) is 0 Å². The van der Waals surface area contributed by atoms with Crippen LogP contribution in [-0.2, 0) is 14.3 Å². The van der Waals surface area contributed by atoms with Crippen molar-refractivity contribution in [1.29, 1.82) is 0 Å². The van der Waals surface area contributed by atoms with Crippen LogP contribution in [0, 0.1) is 23.7 Å². The van der Waals surface area contributed by atoms with E-state index in [2.05, 4.69) is 12.7 Å². The van der Waals surface area contributed by atoms with Gasteiger partial charge in [-0.3, -0.25) is 0 Å². The van der Waals surface area contributed by atoms with Crippen LogP contribution in [0.4, 0.5) is 0 Å². The predicted molar refractivity (Wildman–Crippen MR) is 62.3 cm³/mol. The second-order valence-electron chi connectivity index (χ2n) is 5.86. The zero-order valence-corrected chi connectivity index (χ0v) is 10.0. The number of allylic oxidation sites excluding steroid dienone is 1. The molecular formula is C14H16O4. The van der Waals surface area contributed by atoms with Gasteiger partial charge in [0, 0.05) is 11.8 Å². The van der Waals surface area contributed by atoms with Crippen LogP contribution in [0.25, 0.3) is 0 Å². The summed E-state index contributed by atoms with van der Waals surface area (Å²) in [5, 5.41) is 8.88. The number of aliphatic hydroxyl groups is 1. The van der Waals surface area contributed by atoms with Crippen LogP contribution < -0.4 is 0 Å². The third-order valence-electron chi connectivity index (χ3n) is 5.00. The summed E-state index contributed by atoms with van der Waals surface area (Å²) in [4.78, 5) is 11.6. The van der Waals surface area contributed by atoms with Crippen LogP contribution in [0.5, 0.6) is 0 Å². The molecule has 18 heavy (non-hydrogen) atoms. The Kier molecular flexibility index (Phi) is 1.99. The zero-order valence-electron chi connectivity index (χ0n) is 10.0. The van der Waals surface area contributed by atoms with Crippen molar-refractivity contribution in [3.05, 3.63) is 24.0 Å². The maximum absolute atomic E-state index is 11.6. The van der Waals surface area contributed by atoms with Crippen molar-refractivity contribution in [2.75, 3.05) is 6.61 Å². The van der Waals surface area contributed by atoms with Gasteiger partial charge in [0.1, 0.15) is 11.9 Å². The van der Waals surface area contributed by atoms with Gasteiger partial charge in [-0.1, -0.05) is 6.58 Å². The molecule has 1 aliphatic heterocycles. The molecule has 3 aliphatic carbocycles. The Labute approximate surface area is 105 Å². The summed E-state index contributed by atoms with van der Waals surface area (Å²) in [7, 11) is 0. The Balaban J connectivity index is 1.47. The highest BCUT2D eigenvalue weighted by atomic mass is 16.6. The molecule has 4 aliphatic rings. The van der Waals surface area contributed by atoms with Gasteiger partial charge >= 0.3 is 5.97 Å². The van der Waals surface area contributed by atoms with Gasteiger partial charge in [0.2, 0.25) is 0 Å². The molecule has 0 spiro atoms. The van der Waals surface area contributed by atoms with Crippen LogP contribution in [-0.4, -0.2) is 29.9 Å². The molecule has 2 bridgehead atoms. The second-order valence-corrected chi connectivity index (χ2v) is 5.86. The normalized spacial score (nSPS) is 45.9. The van der Waals surface area contributed by atoms with Gasteiger partial charge in [-0.25, -0.2) is 4.79 Å². The monoisotopic (exact) mass is 248 g/mol. The van der Waals surface area contributed by atoms with E-state index in [1.807, 2.05) is 0 Å².